The third kappa shape index (κ3) is 2.75. The fourth-order valence-corrected chi connectivity index (χ4v) is 2.45. The van der Waals surface area contributed by atoms with E-state index in [-0.39, 0.29) is 5.82 Å². The summed E-state index contributed by atoms with van der Waals surface area (Å²) in [5.41, 5.74) is 2.06. The smallest absolute Gasteiger partial charge is 0.132 e. The van der Waals surface area contributed by atoms with Crippen LogP contribution in [-0.4, -0.2) is 9.97 Å². The molecule has 0 saturated heterocycles. The summed E-state index contributed by atoms with van der Waals surface area (Å²) in [6, 6.07) is 13.5. The molecule has 1 aromatic heterocycles. The Bertz CT molecular complexity index is 789. The van der Waals surface area contributed by atoms with Gasteiger partial charge in [-0.3, -0.25) is 0 Å². The van der Waals surface area contributed by atoms with Crippen molar-refractivity contribution in [3.8, 4) is 22.5 Å². The Labute approximate surface area is 131 Å². The van der Waals surface area contributed by atoms with Crippen LogP contribution >= 0.6 is 23.2 Å². The topological polar surface area (TPSA) is 25.8 Å². The van der Waals surface area contributed by atoms with Crippen LogP contribution in [0.25, 0.3) is 22.5 Å². The van der Waals surface area contributed by atoms with Crippen LogP contribution in [0.2, 0.25) is 10.0 Å². The molecule has 0 atom stereocenters. The van der Waals surface area contributed by atoms with Crippen molar-refractivity contribution in [1.29, 1.82) is 0 Å². The summed E-state index contributed by atoms with van der Waals surface area (Å²) in [6.07, 6.45) is 1.37. The number of nitrogens with zero attached hydrogens (tertiary/aromatic N) is 2. The van der Waals surface area contributed by atoms with Gasteiger partial charge < -0.3 is 0 Å². The minimum absolute atomic E-state index is 0.310. The van der Waals surface area contributed by atoms with Crippen LogP contribution in [0.5, 0.6) is 0 Å². The molecule has 0 amide bonds. The maximum atomic E-state index is 13.9. The van der Waals surface area contributed by atoms with Gasteiger partial charge in [0.2, 0.25) is 0 Å². The second-order valence-electron chi connectivity index (χ2n) is 4.37. The first kappa shape index (κ1) is 14.0. The average molecular weight is 319 g/mol. The van der Waals surface area contributed by atoms with Gasteiger partial charge in [0, 0.05) is 16.1 Å². The lowest BCUT2D eigenvalue weighted by molar-refractivity contribution is 0.630. The normalized spacial score (nSPS) is 10.6. The lowest BCUT2D eigenvalue weighted by Gasteiger charge is -2.09. The molecule has 2 nitrogen and oxygen atoms in total. The van der Waals surface area contributed by atoms with E-state index in [1.807, 2.05) is 12.1 Å². The third-order valence-corrected chi connectivity index (χ3v) is 3.65. The van der Waals surface area contributed by atoms with Crippen molar-refractivity contribution in [2.75, 3.05) is 0 Å². The van der Waals surface area contributed by atoms with Gasteiger partial charge in [0.25, 0.3) is 0 Å². The Balaban J connectivity index is 2.16. The molecule has 0 radical (unpaired) electrons. The molecule has 0 saturated carbocycles. The van der Waals surface area contributed by atoms with Gasteiger partial charge in [-0.25, -0.2) is 14.4 Å². The fraction of sp³-hybridized carbons (Fsp3) is 0. The summed E-state index contributed by atoms with van der Waals surface area (Å²) in [5, 5.41) is 0.933. The van der Waals surface area contributed by atoms with E-state index in [4.69, 9.17) is 23.2 Å². The summed E-state index contributed by atoms with van der Waals surface area (Å²) in [4.78, 5) is 8.29. The Morgan fingerprint density at radius 2 is 1.48 bits per heavy atom. The molecule has 0 spiro atoms. The van der Waals surface area contributed by atoms with Gasteiger partial charge in [-0.15, -0.1) is 0 Å². The zero-order chi connectivity index (χ0) is 14.8. The Kier molecular flexibility index (Phi) is 3.86. The molecular weight excluding hydrogens is 310 g/mol. The molecule has 1 heterocycles. The van der Waals surface area contributed by atoms with E-state index in [9.17, 15) is 4.39 Å². The highest BCUT2D eigenvalue weighted by Gasteiger charge is 2.15. The summed E-state index contributed by atoms with van der Waals surface area (Å²) < 4.78 is 13.9. The minimum Gasteiger partial charge on any atom is -0.235 e. The molecule has 104 valence electrons. The summed E-state index contributed by atoms with van der Waals surface area (Å²) in [5.74, 6) is -0.375. The van der Waals surface area contributed by atoms with Gasteiger partial charge in [0.05, 0.1) is 16.4 Å². The molecule has 0 unspecified atom stereocenters. The van der Waals surface area contributed by atoms with Crippen molar-refractivity contribution < 1.29 is 4.39 Å². The van der Waals surface area contributed by atoms with E-state index < -0.39 is 0 Å². The molecule has 0 fully saturated rings. The number of rotatable bonds is 2. The highest BCUT2D eigenvalue weighted by atomic mass is 35.5. The van der Waals surface area contributed by atoms with E-state index in [1.54, 1.807) is 30.3 Å². The van der Waals surface area contributed by atoms with Crippen LogP contribution in [0, 0.1) is 5.82 Å². The molecule has 5 heteroatoms. The predicted octanol–water partition coefficient (Wildman–Crippen LogP) is 5.26. The van der Waals surface area contributed by atoms with Gasteiger partial charge in [-0.1, -0.05) is 47.5 Å². The summed E-state index contributed by atoms with van der Waals surface area (Å²) in [7, 11) is 0. The van der Waals surface area contributed by atoms with Gasteiger partial charge in [-0.2, -0.15) is 0 Å². The zero-order valence-electron chi connectivity index (χ0n) is 10.7. The first-order valence-corrected chi connectivity index (χ1v) is 6.94. The Hall–Kier alpha value is -1.97. The number of hydrogen-bond donors (Lipinski definition) is 0. The molecule has 0 N–H and O–H groups in total. The second kappa shape index (κ2) is 5.80. The highest BCUT2D eigenvalue weighted by Crippen LogP contribution is 2.34. The van der Waals surface area contributed by atoms with E-state index in [1.165, 1.54) is 12.4 Å². The van der Waals surface area contributed by atoms with Crippen molar-refractivity contribution in [2.45, 2.75) is 0 Å². The van der Waals surface area contributed by atoms with Crippen molar-refractivity contribution >= 4 is 23.2 Å². The van der Waals surface area contributed by atoms with Crippen molar-refractivity contribution in [3.05, 3.63) is 70.7 Å². The Morgan fingerprint density at radius 3 is 2.19 bits per heavy atom. The molecule has 21 heavy (non-hydrogen) atoms. The highest BCUT2D eigenvalue weighted by molar-refractivity contribution is 6.35. The molecule has 0 aliphatic rings. The number of halogens is 3. The predicted molar refractivity (Wildman–Crippen MR) is 82.9 cm³/mol. The van der Waals surface area contributed by atoms with Crippen LogP contribution in [0.1, 0.15) is 0 Å². The van der Waals surface area contributed by atoms with Crippen LogP contribution in [-0.2, 0) is 0 Å². The van der Waals surface area contributed by atoms with Crippen molar-refractivity contribution in [2.24, 2.45) is 0 Å². The van der Waals surface area contributed by atoms with Crippen molar-refractivity contribution in [1.82, 2.24) is 9.97 Å². The van der Waals surface area contributed by atoms with Crippen LogP contribution in [0.4, 0.5) is 4.39 Å². The first-order valence-electron chi connectivity index (χ1n) is 6.18. The van der Waals surface area contributed by atoms with Gasteiger partial charge in [0.1, 0.15) is 12.1 Å². The largest absolute Gasteiger partial charge is 0.235 e. The van der Waals surface area contributed by atoms with Crippen molar-refractivity contribution in [3.63, 3.8) is 0 Å². The molecule has 3 aromatic rings. The van der Waals surface area contributed by atoms with Crippen LogP contribution in [0.15, 0.2) is 54.9 Å². The van der Waals surface area contributed by atoms with Crippen LogP contribution in [0.3, 0.4) is 0 Å². The van der Waals surface area contributed by atoms with E-state index in [2.05, 4.69) is 9.97 Å². The molecule has 2 aromatic carbocycles. The fourth-order valence-electron chi connectivity index (χ4n) is 2.02. The number of hydrogen-bond acceptors (Lipinski definition) is 2. The molecule has 0 bridgehead atoms. The SMILES string of the molecule is Fc1ccccc1-c1ncnc(-c2ccc(Cl)cc2)c1Cl. The minimum atomic E-state index is -0.375. The molecular formula is C16H9Cl2FN2. The van der Waals surface area contributed by atoms with Gasteiger partial charge in [-0.05, 0) is 24.3 Å². The molecule has 0 aliphatic heterocycles. The number of aromatic nitrogens is 2. The molecule has 3 rings (SSSR count). The van der Waals surface area contributed by atoms with Gasteiger partial charge >= 0.3 is 0 Å². The average Bonchev–Trinajstić information content (AvgIpc) is 2.50. The maximum Gasteiger partial charge on any atom is 0.132 e. The first-order chi connectivity index (χ1) is 10.2. The van der Waals surface area contributed by atoms with Crippen LogP contribution < -0.4 is 0 Å². The maximum absolute atomic E-state index is 13.9. The lowest BCUT2D eigenvalue weighted by atomic mass is 10.1. The van der Waals surface area contributed by atoms with E-state index in [0.717, 1.165) is 5.56 Å². The second-order valence-corrected chi connectivity index (χ2v) is 5.19. The Morgan fingerprint density at radius 1 is 0.810 bits per heavy atom. The monoisotopic (exact) mass is 318 g/mol. The third-order valence-electron chi connectivity index (χ3n) is 3.04. The van der Waals surface area contributed by atoms with E-state index in [0.29, 0.717) is 27.0 Å². The quantitative estimate of drug-likeness (QED) is 0.644. The standard InChI is InChI=1S/C16H9Cl2FN2/c17-11-7-5-10(6-8-11)15-14(18)16(21-9-20-15)12-3-1-2-4-13(12)19/h1-9H. The lowest BCUT2D eigenvalue weighted by Crippen LogP contribution is -1.94. The summed E-state index contributed by atoms with van der Waals surface area (Å²) in [6.45, 7) is 0. The molecule has 0 aliphatic carbocycles. The number of benzene rings is 2. The zero-order valence-corrected chi connectivity index (χ0v) is 12.2. The van der Waals surface area contributed by atoms with E-state index >= 15 is 0 Å². The summed E-state index contributed by atoms with van der Waals surface area (Å²) >= 11 is 12.2. The van der Waals surface area contributed by atoms with Gasteiger partial charge in [0.15, 0.2) is 0 Å².